The third kappa shape index (κ3) is 3.58. The van der Waals surface area contributed by atoms with Crippen LogP contribution in [0.2, 0.25) is 0 Å². The molecule has 0 radical (unpaired) electrons. The summed E-state index contributed by atoms with van der Waals surface area (Å²) in [6.07, 6.45) is 1.30. The van der Waals surface area contributed by atoms with Crippen molar-refractivity contribution in [3.05, 3.63) is 66.2 Å². The number of sulfonamides is 1. The number of aliphatic hydroxyl groups is 1. The topological polar surface area (TPSA) is 119 Å². The molecule has 0 aliphatic rings. The smallest absolute Gasteiger partial charge is 0.238 e. The zero-order chi connectivity index (χ0) is 21.7. The number of hydrogen-bond donors (Lipinski definition) is 2. The first-order valence-corrected chi connectivity index (χ1v) is 10.5. The Morgan fingerprint density at radius 2 is 1.80 bits per heavy atom. The van der Waals surface area contributed by atoms with E-state index in [0.29, 0.717) is 16.8 Å². The summed E-state index contributed by atoms with van der Waals surface area (Å²) in [5, 5.41) is 15.4. The average molecular weight is 427 g/mol. The fraction of sp³-hybridized carbons (Fsp3) is 0.143. The number of hydrogen-bond acceptors (Lipinski definition) is 6. The molecule has 0 spiro atoms. The minimum absolute atomic E-state index is 0.0201. The largest absolute Gasteiger partial charge is 0.452 e. The average Bonchev–Trinajstić information content (AvgIpc) is 3.11. The van der Waals surface area contributed by atoms with Crippen LogP contribution in [-0.4, -0.2) is 23.5 Å². The van der Waals surface area contributed by atoms with Gasteiger partial charge in [-0.3, -0.25) is 0 Å². The molecule has 154 valence electrons. The van der Waals surface area contributed by atoms with Crippen molar-refractivity contribution in [1.82, 2.24) is 9.97 Å². The fourth-order valence-corrected chi connectivity index (χ4v) is 3.70. The molecule has 0 saturated heterocycles. The Labute approximate surface area is 172 Å². The van der Waals surface area contributed by atoms with Crippen LogP contribution in [0.1, 0.15) is 19.4 Å². The lowest BCUT2D eigenvalue weighted by Crippen LogP contribution is -2.18. The Balaban J connectivity index is 1.85. The summed E-state index contributed by atoms with van der Waals surface area (Å²) in [6.45, 7) is 3.00. The summed E-state index contributed by atoms with van der Waals surface area (Å²) >= 11 is 0. The van der Waals surface area contributed by atoms with Gasteiger partial charge in [0.2, 0.25) is 10.0 Å². The molecule has 2 aromatic heterocycles. The number of nitrogens with two attached hydrogens (primary N) is 1. The highest BCUT2D eigenvalue weighted by molar-refractivity contribution is 7.89. The van der Waals surface area contributed by atoms with Gasteiger partial charge < -0.3 is 9.52 Å². The van der Waals surface area contributed by atoms with E-state index in [4.69, 9.17) is 9.56 Å². The van der Waals surface area contributed by atoms with E-state index < -0.39 is 21.4 Å². The molecule has 0 saturated carbocycles. The lowest BCUT2D eigenvalue weighted by Gasteiger charge is -2.19. The van der Waals surface area contributed by atoms with Crippen molar-refractivity contribution in [3.8, 4) is 22.6 Å². The van der Waals surface area contributed by atoms with E-state index in [1.165, 1.54) is 38.4 Å². The van der Waals surface area contributed by atoms with Crippen molar-refractivity contribution in [2.24, 2.45) is 5.14 Å². The second-order valence-electron chi connectivity index (χ2n) is 7.34. The maximum Gasteiger partial charge on any atom is 0.238 e. The maximum atomic E-state index is 15.1. The van der Waals surface area contributed by atoms with Gasteiger partial charge in [-0.25, -0.2) is 27.9 Å². The Morgan fingerprint density at radius 1 is 1.10 bits per heavy atom. The minimum Gasteiger partial charge on any atom is -0.452 e. The van der Waals surface area contributed by atoms with Gasteiger partial charge in [0.15, 0.2) is 5.58 Å². The third-order valence-corrected chi connectivity index (χ3v) is 5.62. The molecular formula is C21H18FN3O4S. The number of benzene rings is 2. The predicted molar refractivity (Wildman–Crippen MR) is 109 cm³/mol. The number of fused-ring (bicyclic) bond motifs is 1. The Hall–Kier alpha value is -3.14. The third-order valence-electron chi connectivity index (χ3n) is 4.69. The minimum atomic E-state index is -3.81. The molecule has 0 aliphatic carbocycles. The Kier molecular flexibility index (Phi) is 4.69. The van der Waals surface area contributed by atoms with Gasteiger partial charge in [0.1, 0.15) is 29.1 Å². The van der Waals surface area contributed by atoms with Gasteiger partial charge in [-0.2, -0.15) is 0 Å². The van der Waals surface area contributed by atoms with Crippen molar-refractivity contribution in [2.75, 3.05) is 0 Å². The summed E-state index contributed by atoms with van der Waals surface area (Å²) in [7, 11) is -3.81. The summed E-state index contributed by atoms with van der Waals surface area (Å²) in [5.74, 6) is -0.188. The summed E-state index contributed by atoms with van der Waals surface area (Å²) < 4.78 is 43.9. The van der Waals surface area contributed by atoms with E-state index in [0.717, 1.165) is 0 Å². The first kappa shape index (κ1) is 20.1. The standard InChI is InChI=1S/C21H18FN3O4S/c1-21(2,26)15-5-3-4-14(18(15)22)19-20-16(24-11-25-19)10-17(29-20)12-6-8-13(9-7-12)30(23,27)28/h3-11,26H,1-2H3,(H2,23,27,28). The predicted octanol–water partition coefficient (Wildman–Crippen LogP) is 3.57. The number of furan rings is 1. The molecular weight excluding hydrogens is 409 g/mol. The second-order valence-corrected chi connectivity index (χ2v) is 8.90. The summed E-state index contributed by atoms with van der Waals surface area (Å²) in [4.78, 5) is 8.35. The van der Waals surface area contributed by atoms with Crippen molar-refractivity contribution in [3.63, 3.8) is 0 Å². The number of nitrogens with zero attached hydrogens (tertiary/aromatic N) is 2. The number of rotatable bonds is 4. The normalized spacial score (nSPS) is 12.4. The van der Waals surface area contributed by atoms with Crippen LogP contribution in [0.3, 0.4) is 0 Å². The molecule has 30 heavy (non-hydrogen) atoms. The van der Waals surface area contributed by atoms with E-state index in [1.54, 1.807) is 30.3 Å². The number of aromatic nitrogens is 2. The molecule has 0 unspecified atom stereocenters. The lowest BCUT2D eigenvalue weighted by atomic mass is 9.94. The van der Waals surface area contributed by atoms with Gasteiger partial charge in [0.25, 0.3) is 0 Å². The van der Waals surface area contributed by atoms with Crippen molar-refractivity contribution in [1.29, 1.82) is 0 Å². The van der Waals surface area contributed by atoms with Crippen LogP contribution in [-0.2, 0) is 15.6 Å². The zero-order valence-electron chi connectivity index (χ0n) is 16.1. The number of halogens is 1. The van der Waals surface area contributed by atoms with Gasteiger partial charge in [-0.1, -0.05) is 12.1 Å². The van der Waals surface area contributed by atoms with E-state index in [9.17, 15) is 13.5 Å². The van der Waals surface area contributed by atoms with Gasteiger partial charge in [0.05, 0.1) is 10.5 Å². The van der Waals surface area contributed by atoms with E-state index in [2.05, 4.69) is 9.97 Å². The SMILES string of the molecule is CC(C)(O)c1cccc(-c2ncnc3cc(-c4ccc(S(N)(=O)=O)cc4)oc23)c1F. The second kappa shape index (κ2) is 6.98. The van der Waals surface area contributed by atoms with E-state index in [-0.39, 0.29) is 27.3 Å². The highest BCUT2D eigenvalue weighted by Gasteiger charge is 2.25. The summed E-state index contributed by atoms with van der Waals surface area (Å²) in [5.41, 5.74) is 0.511. The zero-order valence-corrected chi connectivity index (χ0v) is 16.9. The molecule has 0 aliphatic heterocycles. The first-order valence-electron chi connectivity index (χ1n) is 8.95. The maximum absolute atomic E-state index is 15.1. The van der Waals surface area contributed by atoms with Crippen LogP contribution >= 0.6 is 0 Å². The molecule has 2 heterocycles. The Bertz CT molecular complexity index is 1360. The van der Waals surface area contributed by atoms with E-state index in [1.807, 2.05) is 0 Å². The molecule has 4 aromatic rings. The molecule has 2 aromatic carbocycles. The lowest BCUT2D eigenvalue weighted by molar-refractivity contribution is 0.0746. The van der Waals surface area contributed by atoms with Crippen LogP contribution in [0.4, 0.5) is 4.39 Å². The Morgan fingerprint density at radius 3 is 2.43 bits per heavy atom. The van der Waals surface area contributed by atoms with Crippen molar-refractivity contribution < 1.29 is 22.3 Å². The molecule has 4 rings (SSSR count). The monoisotopic (exact) mass is 427 g/mol. The van der Waals surface area contributed by atoms with Crippen molar-refractivity contribution >= 4 is 21.1 Å². The highest BCUT2D eigenvalue weighted by atomic mass is 32.2. The van der Waals surface area contributed by atoms with Gasteiger partial charge in [-0.05, 0) is 44.2 Å². The van der Waals surface area contributed by atoms with Crippen LogP contribution in [0.15, 0.2) is 64.2 Å². The van der Waals surface area contributed by atoms with E-state index >= 15 is 4.39 Å². The quantitative estimate of drug-likeness (QED) is 0.514. The molecule has 0 bridgehead atoms. The van der Waals surface area contributed by atoms with Crippen LogP contribution in [0, 0.1) is 5.82 Å². The molecule has 0 fully saturated rings. The molecule has 9 heteroatoms. The van der Waals surface area contributed by atoms with Gasteiger partial charge in [0, 0.05) is 22.8 Å². The first-order chi connectivity index (χ1) is 14.1. The van der Waals surface area contributed by atoms with Gasteiger partial charge in [-0.15, -0.1) is 0 Å². The molecule has 7 nitrogen and oxygen atoms in total. The molecule has 0 atom stereocenters. The van der Waals surface area contributed by atoms with Crippen LogP contribution in [0.25, 0.3) is 33.7 Å². The van der Waals surface area contributed by atoms with Crippen LogP contribution < -0.4 is 5.14 Å². The number of primary sulfonamides is 1. The van der Waals surface area contributed by atoms with Crippen molar-refractivity contribution in [2.45, 2.75) is 24.3 Å². The fourth-order valence-electron chi connectivity index (χ4n) is 3.18. The molecule has 3 N–H and O–H groups in total. The summed E-state index contributed by atoms with van der Waals surface area (Å²) in [6, 6.07) is 12.2. The van der Waals surface area contributed by atoms with Crippen LogP contribution in [0.5, 0.6) is 0 Å². The molecule has 0 amide bonds. The highest BCUT2D eigenvalue weighted by Crippen LogP contribution is 2.35. The van der Waals surface area contributed by atoms with Gasteiger partial charge >= 0.3 is 0 Å².